The van der Waals surface area contributed by atoms with Gasteiger partial charge in [0, 0.05) is 19.1 Å². The molecule has 2 heterocycles. The molecule has 1 aliphatic rings. The summed E-state index contributed by atoms with van der Waals surface area (Å²) in [5.74, 6) is 1.19. The highest BCUT2D eigenvalue weighted by Gasteiger charge is 2.27. The van der Waals surface area contributed by atoms with Crippen LogP contribution >= 0.6 is 22.6 Å². The summed E-state index contributed by atoms with van der Waals surface area (Å²) in [5.41, 5.74) is 0. The number of halogens is 1. The predicted molar refractivity (Wildman–Crippen MR) is 86.9 cm³/mol. The molecule has 1 saturated heterocycles. The first-order valence-corrected chi connectivity index (χ1v) is 9.65. The minimum absolute atomic E-state index is 0.260. The highest BCUT2D eigenvalue weighted by Crippen LogP contribution is 2.16. The molecule has 1 aliphatic heterocycles. The molecule has 0 bridgehead atoms. The lowest BCUT2D eigenvalue weighted by atomic mass is 10.1. The molecule has 0 atom stereocenters. The Hall–Kier alpha value is -0.120. The number of rotatable bonds is 6. The fourth-order valence-corrected chi connectivity index (χ4v) is 4.42. The smallest absolute Gasteiger partial charge is 0.214 e. The molecule has 0 saturated carbocycles. The molecule has 0 radical (unpaired) electrons. The molecule has 7 heteroatoms. The van der Waals surface area contributed by atoms with Gasteiger partial charge in [-0.3, -0.25) is 0 Å². The second-order valence-corrected chi connectivity index (χ2v) is 8.23. The van der Waals surface area contributed by atoms with E-state index in [2.05, 4.69) is 27.9 Å². The van der Waals surface area contributed by atoms with E-state index in [1.807, 2.05) is 19.1 Å². The van der Waals surface area contributed by atoms with E-state index < -0.39 is 10.0 Å². The van der Waals surface area contributed by atoms with Crippen molar-refractivity contribution in [2.75, 3.05) is 18.8 Å². The predicted octanol–water partition coefficient (Wildman–Crippen LogP) is 2.18. The Morgan fingerprint density at radius 3 is 2.65 bits per heavy atom. The molecule has 2 rings (SSSR count). The average molecular weight is 412 g/mol. The van der Waals surface area contributed by atoms with E-state index in [1.54, 1.807) is 4.31 Å². The Labute approximate surface area is 134 Å². The van der Waals surface area contributed by atoms with Gasteiger partial charge in [0.25, 0.3) is 0 Å². The van der Waals surface area contributed by atoms with Crippen LogP contribution in [0.25, 0.3) is 0 Å². The van der Waals surface area contributed by atoms with Crippen LogP contribution in [0, 0.1) is 3.77 Å². The molecule has 0 aliphatic carbocycles. The second-order valence-electron chi connectivity index (χ2n) is 5.08. The molecule has 1 N–H and O–H groups in total. The van der Waals surface area contributed by atoms with Gasteiger partial charge in [-0.1, -0.05) is 6.92 Å². The third-order valence-electron chi connectivity index (χ3n) is 3.50. The molecular formula is C13H21IN2O3S. The van der Waals surface area contributed by atoms with E-state index in [4.69, 9.17) is 4.42 Å². The third-order valence-corrected chi connectivity index (χ3v) is 6.16. The minimum atomic E-state index is -3.03. The Bertz CT molecular complexity index is 521. The summed E-state index contributed by atoms with van der Waals surface area (Å²) in [5, 5.41) is 3.44. The van der Waals surface area contributed by atoms with Crippen molar-refractivity contribution in [1.29, 1.82) is 0 Å². The fourth-order valence-electron chi connectivity index (χ4n) is 2.42. The maximum absolute atomic E-state index is 12.0. The van der Waals surface area contributed by atoms with E-state index in [1.165, 1.54) is 0 Å². The van der Waals surface area contributed by atoms with Crippen LogP contribution in [-0.2, 0) is 16.6 Å². The van der Waals surface area contributed by atoms with E-state index in [9.17, 15) is 8.42 Å². The highest BCUT2D eigenvalue weighted by atomic mass is 127. The van der Waals surface area contributed by atoms with Crippen LogP contribution in [0.2, 0.25) is 0 Å². The van der Waals surface area contributed by atoms with Crippen molar-refractivity contribution in [3.63, 3.8) is 0 Å². The van der Waals surface area contributed by atoms with Crippen LogP contribution in [0.3, 0.4) is 0 Å². The molecule has 1 fully saturated rings. The summed E-state index contributed by atoms with van der Waals surface area (Å²) < 4.78 is 31.9. The van der Waals surface area contributed by atoms with Crippen molar-refractivity contribution in [2.45, 2.75) is 38.8 Å². The summed E-state index contributed by atoms with van der Waals surface area (Å²) >= 11 is 2.15. The molecule has 0 unspecified atom stereocenters. The zero-order valence-electron chi connectivity index (χ0n) is 11.6. The van der Waals surface area contributed by atoms with E-state index in [-0.39, 0.29) is 5.75 Å². The molecular weight excluding hydrogens is 391 g/mol. The highest BCUT2D eigenvalue weighted by molar-refractivity contribution is 14.1. The van der Waals surface area contributed by atoms with E-state index >= 15 is 0 Å². The maximum atomic E-state index is 12.0. The number of furan rings is 1. The molecule has 20 heavy (non-hydrogen) atoms. The molecule has 0 aromatic carbocycles. The zero-order valence-corrected chi connectivity index (χ0v) is 14.6. The standard InChI is InChI=1S/C13H21IN2O3S/c1-2-9-20(17,18)16-7-5-11(6-8-16)15-10-12-3-4-13(14)19-12/h3-4,11,15H,2,5-10H2,1H3. The van der Waals surface area contributed by atoms with Crippen LogP contribution in [-0.4, -0.2) is 37.6 Å². The van der Waals surface area contributed by atoms with Crippen molar-refractivity contribution in [1.82, 2.24) is 9.62 Å². The van der Waals surface area contributed by atoms with Crippen LogP contribution < -0.4 is 5.32 Å². The van der Waals surface area contributed by atoms with Crippen LogP contribution in [0.15, 0.2) is 16.5 Å². The van der Waals surface area contributed by atoms with Crippen LogP contribution in [0.4, 0.5) is 0 Å². The van der Waals surface area contributed by atoms with Crippen molar-refractivity contribution < 1.29 is 12.8 Å². The molecule has 1 aromatic heterocycles. The van der Waals surface area contributed by atoms with Gasteiger partial charge in [0.05, 0.1) is 12.3 Å². The normalized spacial score (nSPS) is 18.5. The number of sulfonamides is 1. The Kier molecular flexibility index (Phi) is 5.88. The third kappa shape index (κ3) is 4.44. The topological polar surface area (TPSA) is 62.6 Å². The second kappa shape index (κ2) is 7.24. The number of nitrogens with one attached hydrogen (secondary N) is 1. The minimum Gasteiger partial charge on any atom is -0.454 e. The lowest BCUT2D eigenvalue weighted by Gasteiger charge is -2.31. The zero-order chi connectivity index (χ0) is 14.6. The molecule has 1 aromatic rings. The number of piperidine rings is 1. The molecule has 5 nitrogen and oxygen atoms in total. The van der Waals surface area contributed by atoms with Crippen LogP contribution in [0.5, 0.6) is 0 Å². The molecule has 114 valence electrons. The van der Waals surface area contributed by atoms with E-state index in [0.717, 1.165) is 22.4 Å². The summed E-state index contributed by atoms with van der Waals surface area (Å²) in [4.78, 5) is 0. The van der Waals surface area contributed by atoms with Gasteiger partial charge in [0.1, 0.15) is 5.76 Å². The summed E-state index contributed by atoms with van der Waals surface area (Å²) in [6, 6.07) is 4.28. The van der Waals surface area contributed by atoms with E-state index in [0.29, 0.717) is 32.1 Å². The van der Waals surface area contributed by atoms with Crippen molar-refractivity contribution >= 4 is 32.6 Å². The van der Waals surface area contributed by atoms with Gasteiger partial charge in [0.15, 0.2) is 3.77 Å². The summed E-state index contributed by atoms with van der Waals surface area (Å²) in [6.07, 6.45) is 2.40. The first-order chi connectivity index (χ1) is 9.51. The van der Waals surface area contributed by atoms with Gasteiger partial charge >= 0.3 is 0 Å². The SMILES string of the molecule is CCCS(=O)(=O)N1CCC(NCc2ccc(I)o2)CC1. The quantitative estimate of drug-likeness (QED) is 0.728. The first kappa shape index (κ1) is 16.3. The van der Waals surface area contributed by atoms with Crippen molar-refractivity contribution in [3.05, 3.63) is 21.7 Å². The monoisotopic (exact) mass is 412 g/mol. The van der Waals surface area contributed by atoms with Gasteiger partial charge in [-0.15, -0.1) is 0 Å². The Balaban J connectivity index is 1.77. The van der Waals surface area contributed by atoms with Gasteiger partial charge in [-0.2, -0.15) is 0 Å². The Morgan fingerprint density at radius 2 is 2.10 bits per heavy atom. The fraction of sp³-hybridized carbons (Fsp3) is 0.692. The van der Waals surface area contributed by atoms with Crippen molar-refractivity contribution in [3.8, 4) is 0 Å². The van der Waals surface area contributed by atoms with Gasteiger partial charge in [0.2, 0.25) is 10.0 Å². The average Bonchev–Trinajstić information content (AvgIpc) is 2.83. The van der Waals surface area contributed by atoms with Gasteiger partial charge in [-0.05, 0) is 54.0 Å². The summed E-state index contributed by atoms with van der Waals surface area (Å²) in [6.45, 7) is 3.84. The molecule has 0 amide bonds. The maximum Gasteiger partial charge on any atom is 0.214 e. The first-order valence-electron chi connectivity index (χ1n) is 6.96. The number of hydrogen-bond donors (Lipinski definition) is 1. The largest absolute Gasteiger partial charge is 0.454 e. The summed E-state index contributed by atoms with van der Waals surface area (Å²) in [7, 11) is -3.03. The van der Waals surface area contributed by atoms with Crippen molar-refractivity contribution in [2.24, 2.45) is 0 Å². The lowest BCUT2D eigenvalue weighted by molar-refractivity contribution is 0.283. The lowest BCUT2D eigenvalue weighted by Crippen LogP contribution is -2.45. The van der Waals surface area contributed by atoms with Gasteiger partial charge in [-0.25, -0.2) is 12.7 Å². The number of hydrogen-bond acceptors (Lipinski definition) is 4. The van der Waals surface area contributed by atoms with Gasteiger partial charge < -0.3 is 9.73 Å². The molecule has 0 spiro atoms. The van der Waals surface area contributed by atoms with Crippen LogP contribution in [0.1, 0.15) is 31.9 Å². The Morgan fingerprint density at radius 1 is 1.40 bits per heavy atom. The number of nitrogens with zero attached hydrogens (tertiary/aromatic N) is 1.